The summed E-state index contributed by atoms with van der Waals surface area (Å²) in [5, 5.41) is 0. The van der Waals surface area contributed by atoms with Gasteiger partial charge in [-0.05, 0) is 12.3 Å². The van der Waals surface area contributed by atoms with E-state index in [1.54, 1.807) is 0 Å². The molecule has 0 aliphatic rings. The van der Waals surface area contributed by atoms with Crippen LogP contribution in [0.25, 0.3) is 0 Å². The van der Waals surface area contributed by atoms with Crippen LogP contribution >= 0.6 is 0 Å². The molecule has 0 atom stereocenters. The van der Waals surface area contributed by atoms with E-state index in [1.165, 1.54) is 0 Å². The molecule has 0 unspecified atom stereocenters. The molecule has 0 bridgehead atoms. The Labute approximate surface area is 67.5 Å². The van der Waals surface area contributed by atoms with Gasteiger partial charge in [-0.15, -0.1) is 0 Å². The van der Waals surface area contributed by atoms with Crippen molar-refractivity contribution in [2.45, 2.75) is 12.6 Å². The number of allylic oxidation sites excluding steroid dienone is 3. The van der Waals surface area contributed by atoms with Crippen molar-refractivity contribution in [3.05, 3.63) is 23.9 Å². The molecule has 0 aliphatic heterocycles. The third kappa shape index (κ3) is 3.80. The van der Waals surface area contributed by atoms with Gasteiger partial charge in [0.05, 0.1) is 5.57 Å². The van der Waals surface area contributed by atoms with E-state index < -0.39 is 11.7 Å². The van der Waals surface area contributed by atoms with Gasteiger partial charge in [0.1, 0.15) is 6.29 Å². The first-order valence-corrected chi connectivity index (χ1v) is 3.11. The molecule has 0 aliphatic carbocycles. The van der Waals surface area contributed by atoms with Crippen molar-refractivity contribution in [2.24, 2.45) is 5.73 Å². The van der Waals surface area contributed by atoms with E-state index in [1.807, 2.05) is 0 Å². The minimum Gasteiger partial charge on any atom is -0.405 e. The van der Waals surface area contributed by atoms with Crippen LogP contribution in [0.3, 0.4) is 0 Å². The molecule has 0 saturated heterocycles. The molecule has 68 valence electrons. The lowest BCUT2D eigenvalue weighted by atomic mass is 10.2. The Morgan fingerprint density at radius 3 is 2.33 bits per heavy atom. The minimum atomic E-state index is -4.45. The van der Waals surface area contributed by atoms with Gasteiger partial charge in [-0.3, -0.25) is 0 Å². The molecule has 5 heteroatoms. The van der Waals surface area contributed by atoms with Gasteiger partial charge in [-0.1, -0.05) is 6.08 Å². The molecule has 0 aromatic heterocycles. The van der Waals surface area contributed by atoms with E-state index in [0.29, 0.717) is 12.4 Å². The predicted octanol–water partition coefficient (Wildman–Crippen LogP) is 1.54. The van der Waals surface area contributed by atoms with Crippen molar-refractivity contribution in [2.75, 3.05) is 0 Å². The summed E-state index contributed by atoms with van der Waals surface area (Å²) < 4.78 is 35.8. The van der Waals surface area contributed by atoms with Crippen molar-refractivity contribution in [1.29, 1.82) is 0 Å². The minimum absolute atomic E-state index is 0.265. The third-order valence-corrected chi connectivity index (χ3v) is 1.04. The number of rotatable bonds is 3. The normalized spacial score (nSPS) is 13.8. The molecule has 2 N–H and O–H groups in total. The fourth-order valence-electron chi connectivity index (χ4n) is 0.557. The molecule has 0 spiro atoms. The predicted molar refractivity (Wildman–Crippen MR) is 38.1 cm³/mol. The molecule has 0 saturated carbocycles. The zero-order chi connectivity index (χ0) is 9.61. The van der Waals surface area contributed by atoms with Crippen LogP contribution in [-0.4, -0.2) is 12.5 Å². The Morgan fingerprint density at radius 1 is 1.42 bits per heavy atom. The van der Waals surface area contributed by atoms with Gasteiger partial charge >= 0.3 is 6.18 Å². The van der Waals surface area contributed by atoms with Crippen LogP contribution < -0.4 is 5.73 Å². The first-order chi connectivity index (χ1) is 5.52. The van der Waals surface area contributed by atoms with Crippen molar-refractivity contribution in [3.63, 3.8) is 0 Å². The molecular formula is C7H8F3NO. The molecule has 12 heavy (non-hydrogen) atoms. The van der Waals surface area contributed by atoms with Crippen LogP contribution in [0.2, 0.25) is 0 Å². The lowest BCUT2D eigenvalue weighted by molar-refractivity contribution is -0.107. The van der Waals surface area contributed by atoms with E-state index in [4.69, 9.17) is 5.73 Å². The molecule has 0 radical (unpaired) electrons. The van der Waals surface area contributed by atoms with Gasteiger partial charge < -0.3 is 10.5 Å². The number of hydrogen-bond acceptors (Lipinski definition) is 2. The average molecular weight is 179 g/mol. The second-order valence-electron chi connectivity index (χ2n) is 1.92. The van der Waals surface area contributed by atoms with Gasteiger partial charge in [0.2, 0.25) is 0 Å². The average Bonchev–Trinajstić information content (AvgIpc) is 1.95. The van der Waals surface area contributed by atoms with E-state index in [-0.39, 0.29) is 6.42 Å². The third-order valence-electron chi connectivity index (χ3n) is 1.04. The zero-order valence-electron chi connectivity index (χ0n) is 6.14. The lowest BCUT2D eigenvalue weighted by Gasteiger charge is -2.05. The fraction of sp³-hybridized carbons (Fsp3) is 0.286. The van der Waals surface area contributed by atoms with E-state index in [0.717, 1.165) is 12.3 Å². The molecule has 0 heterocycles. The highest BCUT2D eigenvalue weighted by molar-refractivity contribution is 5.53. The summed E-state index contributed by atoms with van der Waals surface area (Å²) in [6, 6.07) is 0. The first kappa shape index (κ1) is 10.7. The molecule has 2 nitrogen and oxygen atoms in total. The van der Waals surface area contributed by atoms with Gasteiger partial charge in [-0.25, -0.2) is 0 Å². The second kappa shape index (κ2) is 4.58. The summed E-state index contributed by atoms with van der Waals surface area (Å²) in [6.07, 6.45) is -2.06. The van der Waals surface area contributed by atoms with Gasteiger partial charge in [0.25, 0.3) is 0 Å². The monoisotopic (exact) mass is 179 g/mol. The van der Waals surface area contributed by atoms with Crippen LogP contribution in [0, 0.1) is 0 Å². The maximum Gasteiger partial charge on any atom is 0.416 e. The first-order valence-electron chi connectivity index (χ1n) is 3.11. The smallest absolute Gasteiger partial charge is 0.405 e. The Kier molecular flexibility index (Phi) is 4.10. The number of aldehydes is 1. The SMILES string of the molecule is N/C=C\C(=C/CC=O)C(F)(F)F. The lowest BCUT2D eigenvalue weighted by Crippen LogP contribution is -2.10. The summed E-state index contributed by atoms with van der Waals surface area (Å²) >= 11 is 0. The van der Waals surface area contributed by atoms with Gasteiger partial charge in [0, 0.05) is 6.42 Å². The Balaban J connectivity index is 4.54. The topological polar surface area (TPSA) is 43.1 Å². The highest BCUT2D eigenvalue weighted by Gasteiger charge is 2.31. The van der Waals surface area contributed by atoms with Crippen LogP contribution in [0.5, 0.6) is 0 Å². The summed E-state index contributed by atoms with van der Waals surface area (Å²) in [4.78, 5) is 9.77. The van der Waals surface area contributed by atoms with Crippen LogP contribution in [0.4, 0.5) is 13.2 Å². The number of nitrogens with two attached hydrogens (primary N) is 1. The maximum absolute atomic E-state index is 11.9. The van der Waals surface area contributed by atoms with Crippen molar-refractivity contribution < 1.29 is 18.0 Å². The van der Waals surface area contributed by atoms with E-state index >= 15 is 0 Å². The Bertz CT molecular complexity index is 205. The standard InChI is InChI=1S/C7H8F3NO/c8-7(9,10)6(3-4-11)2-1-5-12/h2-5H,1,11H2/b4-3-,6-2+. The summed E-state index contributed by atoms with van der Waals surface area (Å²) in [5.74, 6) is 0. The second-order valence-corrected chi connectivity index (χ2v) is 1.92. The highest BCUT2D eigenvalue weighted by Crippen LogP contribution is 2.26. The number of alkyl halides is 3. The number of hydrogen-bond donors (Lipinski definition) is 1. The molecular weight excluding hydrogens is 171 g/mol. The van der Waals surface area contributed by atoms with E-state index in [9.17, 15) is 18.0 Å². The molecule has 0 aromatic carbocycles. The molecule has 0 rings (SSSR count). The Morgan fingerprint density at radius 2 is 2.00 bits per heavy atom. The van der Waals surface area contributed by atoms with Crippen LogP contribution in [0.1, 0.15) is 6.42 Å². The van der Waals surface area contributed by atoms with Crippen molar-refractivity contribution >= 4 is 6.29 Å². The Hall–Kier alpha value is -1.26. The molecule has 0 amide bonds. The summed E-state index contributed by atoms with van der Waals surface area (Å²) in [7, 11) is 0. The largest absolute Gasteiger partial charge is 0.416 e. The van der Waals surface area contributed by atoms with E-state index in [2.05, 4.69) is 0 Å². The summed E-state index contributed by atoms with van der Waals surface area (Å²) in [6.45, 7) is 0. The van der Waals surface area contributed by atoms with Crippen molar-refractivity contribution in [1.82, 2.24) is 0 Å². The van der Waals surface area contributed by atoms with Crippen molar-refractivity contribution in [3.8, 4) is 0 Å². The highest BCUT2D eigenvalue weighted by atomic mass is 19.4. The quantitative estimate of drug-likeness (QED) is 0.527. The van der Waals surface area contributed by atoms with Gasteiger partial charge in [0.15, 0.2) is 0 Å². The number of carbonyl (C=O) groups is 1. The van der Waals surface area contributed by atoms with Gasteiger partial charge in [-0.2, -0.15) is 13.2 Å². The fourth-order valence-corrected chi connectivity index (χ4v) is 0.557. The van der Waals surface area contributed by atoms with Crippen LogP contribution in [0.15, 0.2) is 23.9 Å². The molecule has 0 aromatic rings. The summed E-state index contributed by atoms with van der Waals surface area (Å²) in [5.41, 5.74) is 3.88. The maximum atomic E-state index is 11.9. The molecule has 0 fully saturated rings. The zero-order valence-corrected chi connectivity index (χ0v) is 6.14. The number of carbonyl (C=O) groups excluding carboxylic acids is 1. The van der Waals surface area contributed by atoms with Crippen LogP contribution in [-0.2, 0) is 4.79 Å². The number of halogens is 3.